The first-order valence-corrected chi connectivity index (χ1v) is 6.71. The molecule has 0 N–H and O–H groups in total. The van der Waals surface area contributed by atoms with Gasteiger partial charge in [0.1, 0.15) is 5.75 Å². The minimum absolute atomic E-state index is 0.0526. The second kappa shape index (κ2) is 7.34. The first kappa shape index (κ1) is 13.1. The molecule has 16 heavy (non-hydrogen) atoms. The van der Waals surface area contributed by atoms with Crippen LogP contribution in [0.1, 0.15) is 30.6 Å². The Morgan fingerprint density at radius 1 is 1.31 bits per heavy atom. The number of rotatable bonds is 7. The molecule has 0 amide bonds. The summed E-state index contributed by atoms with van der Waals surface area (Å²) < 4.78 is 5.60. The lowest BCUT2D eigenvalue weighted by Crippen LogP contribution is -2.04. The Labute approximate surface area is 101 Å². The molecule has 2 nitrogen and oxygen atoms in total. The number of hydrogen-bond donors (Lipinski definition) is 0. The van der Waals surface area contributed by atoms with Crippen LogP contribution in [-0.4, -0.2) is 23.9 Å². The third-order valence-electron chi connectivity index (χ3n) is 2.10. The lowest BCUT2D eigenvalue weighted by Gasteiger charge is -2.08. The van der Waals surface area contributed by atoms with Gasteiger partial charge in [0.2, 0.25) is 0 Å². The maximum atomic E-state index is 11.3. The minimum Gasteiger partial charge on any atom is -0.492 e. The third-order valence-corrected chi connectivity index (χ3v) is 3.25. The Hall–Kier alpha value is -0.960. The van der Waals surface area contributed by atoms with Crippen molar-refractivity contribution >= 4 is 17.5 Å². The molecule has 0 spiro atoms. The molecular weight excluding hydrogens is 220 g/mol. The van der Waals surface area contributed by atoms with Crippen LogP contribution in [0, 0.1) is 0 Å². The minimum atomic E-state index is 0.0526. The molecule has 0 saturated heterocycles. The van der Waals surface area contributed by atoms with Gasteiger partial charge in [0.05, 0.1) is 12.2 Å². The average molecular weight is 238 g/mol. The summed E-state index contributed by atoms with van der Waals surface area (Å²) in [5, 5.41) is 0. The van der Waals surface area contributed by atoms with Gasteiger partial charge in [-0.05, 0) is 31.2 Å². The molecule has 1 aromatic rings. The zero-order valence-electron chi connectivity index (χ0n) is 9.86. The number of carbonyl (C=O) groups excluding carboxylic acids is 1. The maximum absolute atomic E-state index is 11.3. The summed E-state index contributed by atoms with van der Waals surface area (Å²) in [4.78, 5) is 11.3. The molecule has 0 saturated carbocycles. The highest BCUT2D eigenvalue weighted by atomic mass is 32.2. The van der Waals surface area contributed by atoms with Crippen LogP contribution in [0.5, 0.6) is 5.75 Å². The molecule has 3 heteroatoms. The molecule has 0 aromatic heterocycles. The monoisotopic (exact) mass is 238 g/mol. The number of thioether (sulfide) groups is 1. The summed E-state index contributed by atoms with van der Waals surface area (Å²) in [6, 6.07) is 7.40. The van der Waals surface area contributed by atoms with E-state index in [1.54, 1.807) is 13.0 Å². The van der Waals surface area contributed by atoms with Crippen molar-refractivity contribution in [2.24, 2.45) is 0 Å². The standard InChI is InChI=1S/C13H18O2S/c1-3-9-16-10-8-15-13-7-5-4-6-12(13)11(2)14/h4-7H,3,8-10H2,1-2H3. The summed E-state index contributed by atoms with van der Waals surface area (Å²) in [5.74, 6) is 2.89. The van der Waals surface area contributed by atoms with Gasteiger partial charge < -0.3 is 4.74 Å². The lowest BCUT2D eigenvalue weighted by atomic mass is 10.1. The van der Waals surface area contributed by atoms with E-state index in [4.69, 9.17) is 4.74 Å². The van der Waals surface area contributed by atoms with Gasteiger partial charge in [-0.15, -0.1) is 0 Å². The van der Waals surface area contributed by atoms with Gasteiger partial charge in [-0.1, -0.05) is 19.1 Å². The van der Waals surface area contributed by atoms with Gasteiger partial charge >= 0.3 is 0 Å². The van der Waals surface area contributed by atoms with Gasteiger partial charge in [-0.2, -0.15) is 11.8 Å². The molecule has 1 aromatic carbocycles. The van der Waals surface area contributed by atoms with Crippen LogP contribution in [-0.2, 0) is 0 Å². The summed E-state index contributed by atoms with van der Waals surface area (Å²) in [6.45, 7) is 4.39. The Morgan fingerprint density at radius 3 is 2.75 bits per heavy atom. The van der Waals surface area contributed by atoms with Crippen molar-refractivity contribution in [2.75, 3.05) is 18.1 Å². The molecule has 88 valence electrons. The van der Waals surface area contributed by atoms with E-state index in [1.807, 2.05) is 30.0 Å². The van der Waals surface area contributed by atoms with Crippen LogP contribution >= 0.6 is 11.8 Å². The fourth-order valence-electron chi connectivity index (χ4n) is 1.34. The highest BCUT2D eigenvalue weighted by molar-refractivity contribution is 7.99. The highest BCUT2D eigenvalue weighted by Gasteiger charge is 2.06. The number of Topliss-reactive ketones (excluding diaryl/α,β-unsaturated/α-hetero) is 1. The van der Waals surface area contributed by atoms with E-state index >= 15 is 0 Å². The van der Waals surface area contributed by atoms with Crippen LogP contribution in [0.3, 0.4) is 0 Å². The Morgan fingerprint density at radius 2 is 2.06 bits per heavy atom. The van der Waals surface area contributed by atoms with Crippen LogP contribution in [0.15, 0.2) is 24.3 Å². The van der Waals surface area contributed by atoms with E-state index in [0.717, 1.165) is 11.5 Å². The number of ketones is 1. The molecule has 0 radical (unpaired) electrons. The van der Waals surface area contributed by atoms with Gasteiger partial charge in [-0.3, -0.25) is 4.79 Å². The molecule has 0 bridgehead atoms. The van der Waals surface area contributed by atoms with Crippen LogP contribution in [0.4, 0.5) is 0 Å². The zero-order valence-corrected chi connectivity index (χ0v) is 10.7. The molecular formula is C13H18O2S. The van der Waals surface area contributed by atoms with E-state index in [0.29, 0.717) is 17.9 Å². The fraction of sp³-hybridized carbons (Fsp3) is 0.462. The largest absolute Gasteiger partial charge is 0.492 e. The molecule has 0 aliphatic carbocycles. The SMILES string of the molecule is CCCSCCOc1ccccc1C(C)=O. The van der Waals surface area contributed by atoms with Crippen molar-refractivity contribution in [3.05, 3.63) is 29.8 Å². The summed E-state index contributed by atoms with van der Waals surface area (Å²) in [5.41, 5.74) is 0.669. The number of carbonyl (C=O) groups is 1. The Bertz CT molecular complexity index is 336. The number of para-hydroxylation sites is 1. The molecule has 0 unspecified atom stereocenters. The van der Waals surface area contributed by atoms with Crippen LogP contribution in [0.25, 0.3) is 0 Å². The predicted molar refractivity (Wildman–Crippen MR) is 69.6 cm³/mol. The Kier molecular flexibility index (Phi) is 6.01. The zero-order chi connectivity index (χ0) is 11.8. The molecule has 0 atom stereocenters. The van der Waals surface area contributed by atoms with Crippen molar-refractivity contribution in [1.82, 2.24) is 0 Å². The number of benzene rings is 1. The summed E-state index contributed by atoms with van der Waals surface area (Å²) in [6.07, 6.45) is 1.19. The predicted octanol–water partition coefficient (Wildman–Crippen LogP) is 3.41. The molecule has 0 aliphatic rings. The van der Waals surface area contributed by atoms with Gasteiger partial charge in [-0.25, -0.2) is 0 Å². The maximum Gasteiger partial charge on any atom is 0.163 e. The smallest absolute Gasteiger partial charge is 0.163 e. The van der Waals surface area contributed by atoms with Crippen molar-refractivity contribution in [1.29, 1.82) is 0 Å². The van der Waals surface area contributed by atoms with E-state index in [9.17, 15) is 4.79 Å². The molecule has 1 rings (SSSR count). The van der Waals surface area contributed by atoms with Gasteiger partial charge in [0.25, 0.3) is 0 Å². The number of hydrogen-bond acceptors (Lipinski definition) is 3. The quantitative estimate of drug-likeness (QED) is 0.538. The summed E-state index contributed by atoms with van der Waals surface area (Å²) in [7, 11) is 0. The highest BCUT2D eigenvalue weighted by Crippen LogP contribution is 2.18. The normalized spacial score (nSPS) is 10.1. The molecule has 0 heterocycles. The van der Waals surface area contributed by atoms with Crippen molar-refractivity contribution in [2.45, 2.75) is 20.3 Å². The average Bonchev–Trinajstić information content (AvgIpc) is 2.29. The van der Waals surface area contributed by atoms with E-state index in [-0.39, 0.29) is 5.78 Å². The van der Waals surface area contributed by atoms with E-state index in [1.165, 1.54) is 6.42 Å². The second-order valence-corrected chi connectivity index (χ2v) is 4.74. The number of ether oxygens (including phenoxy) is 1. The first-order chi connectivity index (χ1) is 7.75. The second-order valence-electron chi connectivity index (χ2n) is 3.51. The van der Waals surface area contributed by atoms with E-state index in [2.05, 4.69) is 6.92 Å². The lowest BCUT2D eigenvalue weighted by molar-refractivity contribution is 0.101. The van der Waals surface area contributed by atoms with Crippen LogP contribution in [0.2, 0.25) is 0 Å². The van der Waals surface area contributed by atoms with Gasteiger partial charge in [0, 0.05) is 5.75 Å². The third kappa shape index (κ3) is 4.27. The van der Waals surface area contributed by atoms with E-state index < -0.39 is 0 Å². The first-order valence-electron chi connectivity index (χ1n) is 5.56. The summed E-state index contributed by atoms with van der Waals surface area (Å²) >= 11 is 1.88. The topological polar surface area (TPSA) is 26.3 Å². The van der Waals surface area contributed by atoms with Crippen molar-refractivity contribution in [3.8, 4) is 5.75 Å². The fourth-order valence-corrected chi connectivity index (χ4v) is 2.03. The molecule has 0 fully saturated rings. The van der Waals surface area contributed by atoms with Gasteiger partial charge in [0.15, 0.2) is 5.78 Å². The van der Waals surface area contributed by atoms with Crippen LogP contribution < -0.4 is 4.74 Å². The van der Waals surface area contributed by atoms with Crippen molar-refractivity contribution < 1.29 is 9.53 Å². The van der Waals surface area contributed by atoms with Crippen molar-refractivity contribution in [3.63, 3.8) is 0 Å². The Balaban J connectivity index is 2.44. The molecule has 0 aliphatic heterocycles.